The molecule has 0 aliphatic carbocycles. The first kappa shape index (κ1) is 10.4. The van der Waals surface area contributed by atoms with Crippen molar-refractivity contribution in [3.63, 3.8) is 0 Å². The molecule has 11 heavy (non-hydrogen) atoms. The lowest BCUT2D eigenvalue weighted by molar-refractivity contribution is -0.168. The quantitative estimate of drug-likeness (QED) is 0.589. The summed E-state index contributed by atoms with van der Waals surface area (Å²) in [6, 6.07) is 0. The molecule has 1 atom stereocenters. The fraction of sp³-hybridized carbons (Fsp3) is 0.857. The summed E-state index contributed by atoms with van der Waals surface area (Å²) in [5.41, 5.74) is -1.52. The van der Waals surface area contributed by atoms with Gasteiger partial charge in [-0.25, -0.2) is 4.79 Å². The Morgan fingerprint density at radius 2 is 2.18 bits per heavy atom. The van der Waals surface area contributed by atoms with Gasteiger partial charge in [-0.05, 0) is 13.8 Å². The van der Waals surface area contributed by atoms with Crippen LogP contribution in [0.15, 0.2) is 0 Å². The predicted molar refractivity (Wildman–Crippen MR) is 39.1 cm³/mol. The van der Waals surface area contributed by atoms with E-state index in [0.717, 1.165) is 0 Å². The van der Waals surface area contributed by atoms with Crippen molar-refractivity contribution in [3.8, 4) is 0 Å². The van der Waals surface area contributed by atoms with Gasteiger partial charge in [0.05, 0.1) is 13.2 Å². The van der Waals surface area contributed by atoms with Crippen LogP contribution in [0.4, 0.5) is 0 Å². The lowest BCUT2D eigenvalue weighted by Crippen LogP contribution is -2.41. The molecule has 0 radical (unpaired) electrons. The second kappa shape index (κ2) is 4.31. The van der Waals surface area contributed by atoms with E-state index in [9.17, 15) is 9.90 Å². The Bertz CT molecular complexity index is 130. The summed E-state index contributed by atoms with van der Waals surface area (Å²) in [7, 11) is 1.41. The van der Waals surface area contributed by atoms with Crippen molar-refractivity contribution < 1.29 is 19.4 Å². The number of esters is 1. The Morgan fingerprint density at radius 3 is 2.55 bits per heavy atom. The van der Waals surface area contributed by atoms with E-state index in [-0.39, 0.29) is 13.2 Å². The molecule has 0 rings (SSSR count). The summed E-state index contributed by atoms with van der Waals surface area (Å²) in [6.45, 7) is 3.25. The van der Waals surface area contributed by atoms with Crippen molar-refractivity contribution >= 4 is 5.97 Å². The van der Waals surface area contributed by atoms with Gasteiger partial charge >= 0.3 is 5.97 Å². The highest BCUT2D eigenvalue weighted by atomic mass is 16.6. The molecule has 66 valence electrons. The highest BCUT2D eigenvalue weighted by Crippen LogP contribution is 2.05. The minimum atomic E-state index is -1.52. The topological polar surface area (TPSA) is 55.8 Å². The van der Waals surface area contributed by atoms with Crippen LogP contribution in [0.1, 0.15) is 13.8 Å². The molecule has 0 aromatic carbocycles. The van der Waals surface area contributed by atoms with Crippen molar-refractivity contribution in [2.75, 3.05) is 20.3 Å². The number of carbonyl (C=O) groups excluding carboxylic acids is 1. The summed E-state index contributed by atoms with van der Waals surface area (Å²) in [4.78, 5) is 10.9. The smallest absolute Gasteiger partial charge is 0.340 e. The third kappa shape index (κ3) is 3.34. The van der Waals surface area contributed by atoms with Crippen LogP contribution in [-0.4, -0.2) is 37.0 Å². The van der Waals surface area contributed by atoms with E-state index in [2.05, 4.69) is 9.47 Å². The number of ether oxygens (including phenoxy) is 2. The Balaban J connectivity index is 3.94. The Kier molecular flexibility index (Phi) is 4.07. The average Bonchev–Trinajstić information content (AvgIpc) is 1.88. The van der Waals surface area contributed by atoms with Crippen LogP contribution in [0.2, 0.25) is 0 Å². The highest BCUT2D eigenvalue weighted by Gasteiger charge is 2.31. The molecule has 0 aliphatic rings. The van der Waals surface area contributed by atoms with Crippen LogP contribution < -0.4 is 0 Å². The Morgan fingerprint density at radius 1 is 1.64 bits per heavy atom. The SMILES string of the molecule is CCOC(=O)C(C)(O)COC. The van der Waals surface area contributed by atoms with E-state index in [0.29, 0.717) is 0 Å². The lowest BCUT2D eigenvalue weighted by Gasteiger charge is -2.19. The minimum absolute atomic E-state index is 0.0498. The van der Waals surface area contributed by atoms with Crippen LogP contribution in [0.3, 0.4) is 0 Å². The zero-order valence-electron chi connectivity index (χ0n) is 7.09. The van der Waals surface area contributed by atoms with Crippen LogP contribution in [0, 0.1) is 0 Å². The van der Waals surface area contributed by atoms with E-state index in [4.69, 9.17) is 0 Å². The van der Waals surface area contributed by atoms with Gasteiger partial charge in [0.1, 0.15) is 0 Å². The molecule has 4 nitrogen and oxygen atoms in total. The standard InChI is InChI=1S/C7H14O4/c1-4-11-6(8)7(2,9)5-10-3/h9H,4-5H2,1-3H3. The fourth-order valence-electron chi connectivity index (χ4n) is 0.627. The molecule has 1 unspecified atom stereocenters. The minimum Gasteiger partial charge on any atom is -0.464 e. The van der Waals surface area contributed by atoms with E-state index < -0.39 is 11.6 Å². The molecule has 0 spiro atoms. The summed E-state index contributed by atoms with van der Waals surface area (Å²) in [5.74, 6) is -0.651. The molecule has 0 amide bonds. The van der Waals surface area contributed by atoms with Crippen molar-refractivity contribution in [1.82, 2.24) is 0 Å². The third-order valence-electron chi connectivity index (χ3n) is 1.14. The van der Waals surface area contributed by atoms with Crippen molar-refractivity contribution in [2.45, 2.75) is 19.4 Å². The summed E-state index contributed by atoms with van der Waals surface area (Å²) in [6.07, 6.45) is 0. The zero-order chi connectivity index (χ0) is 8.91. The van der Waals surface area contributed by atoms with E-state index >= 15 is 0 Å². The number of hydrogen-bond acceptors (Lipinski definition) is 4. The Hall–Kier alpha value is -0.610. The van der Waals surface area contributed by atoms with Gasteiger partial charge in [-0.15, -0.1) is 0 Å². The average molecular weight is 162 g/mol. The number of rotatable bonds is 4. The van der Waals surface area contributed by atoms with Crippen molar-refractivity contribution in [2.24, 2.45) is 0 Å². The number of aliphatic hydroxyl groups is 1. The summed E-state index contributed by atoms with van der Waals surface area (Å²) < 4.78 is 9.21. The van der Waals surface area contributed by atoms with E-state index in [1.165, 1.54) is 14.0 Å². The molecule has 0 bridgehead atoms. The fourth-order valence-corrected chi connectivity index (χ4v) is 0.627. The van der Waals surface area contributed by atoms with Gasteiger partial charge in [0.2, 0.25) is 0 Å². The van der Waals surface area contributed by atoms with Crippen LogP contribution in [0.25, 0.3) is 0 Å². The molecular formula is C7H14O4. The molecule has 0 heterocycles. The first-order valence-corrected chi connectivity index (χ1v) is 3.43. The van der Waals surface area contributed by atoms with Crippen LogP contribution in [-0.2, 0) is 14.3 Å². The molecule has 0 saturated heterocycles. The molecule has 0 aliphatic heterocycles. The normalized spacial score (nSPS) is 15.6. The van der Waals surface area contributed by atoms with Gasteiger partial charge in [0.25, 0.3) is 0 Å². The Labute approximate surface area is 66.1 Å². The molecule has 4 heteroatoms. The predicted octanol–water partition coefficient (Wildman–Crippen LogP) is -0.0531. The lowest BCUT2D eigenvalue weighted by atomic mass is 10.1. The monoisotopic (exact) mass is 162 g/mol. The summed E-state index contributed by atoms with van der Waals surface area (Å²) >= 11 is 0. The van der Waals surface area contributed by atoms with Gasteiger partial charge in [0.15, 0.2) is 5.60 Å². The zero-order valence-corrected chi connectivity index (χ0v) is 7.09. The van der Waals surface area contributed by atoms with Gasteiger partial charge in [-0.3, -0.25) is 0 Å². The third-order valence-corrected chi connectivity index (χ3v) is 1.14. The maximum Gasteiger partial charge on any atom is 0.340 e. The van der Waals surface area contributed by atoms with Crippen LogP contribution in [0.5, 0.6) is 0 Å². The van der Waals surface area contributed by atoms with Gasteiger partial charge < -0.3 is 14.6 Å². The second-order valence-corrected chi connectivity index (χ2v) is 2.43. The summed E-state index contributed by atoms with van der Waals surface area (Å²) in [5, 5.41) is 9.31. The molecular weight excluding hydrogens is 148 g/mol. The maximum absolute atomic E-state index is 10.9. The molecule has 0 aromatic heterocycles. The number of hydrogen-bond donors (Lipinski definition) is 1. The van der Waals surface area contributed by atoms with Gasteiger partial charge in [0, 0.05) is 7.11 Å². The van der Waals surface area contributed by atoms with Crippen molar-refractivity contribution in [1.29, 1.82) is 0 Å². The molecule has 0 saturated carbocycles. The molecule has 0 fully saturated rings. The van der Waals surface area contributed by atoms with Gasteiger partial charge in [-0.2, -0.15) is 0 Å². The van der Waals surface area contributed by atoms with Crippen molar-refractivity contribution in [3.05, 3.63) is 0 Å². The van der Waals surface area contributed by atoms with Gasteiger partial charge in [-0.1, -0.05) is 0 Å². The second-order valence-electron chi connectivity index (χ2n) is 2.43. The van der Waals surface area contributed by atoms with Crippen LogP contribution >= 0.6 is 0 Å². The first-order chi connectivity index (χ1) is 5.04. The maximum atomic E-state index is 10.9. The highest BCUT2D eigenvalue weighted by molar-refractivity contribution is 5.78. The van der Waals surface area contributed by atoms with E-state index in [1.807, 2.05) is 0 Å². The molecule has 0 aromatic rings. The van der Waals surface area contributed by atoms with E-state index in [1.54, 1.807) is 6.92 Å². The number of methoxy groups -OCH3 is 1. The number of carbonyl (C=O) groups is 1. The largest absolute Gasteiger partial charge is 0.464 e. The molecule has 1 N–H and O–H groups in total. The first-order valence-electron chi connectivity index (χ1n) is 3.43.